The van der Waals surface area contributed by atoms with Gasteiger partial charge in [-0.2, -0.15) is 0 Å². The second-order valence-electron chi connectivity index (χ2n) is 3.24. The van der Waals surface area contributed by atoms with Crippen LogP contribution >= 0.6 is 0 Å². The summed E-state index contributed by atoms with van der Waals surface area (Å²) in [4.78, 5) is 10.7. The van der Waals surface area contributed by atoms with Crippen molar-refractivity contribution in [3.05, 3.63) is 0 Å². The highest BCUT2D eigenvalue weighted by molar-refractivity contribution is 5.73. The zero-order valence-electron chi connectivity index (χ0n) is 7.18. The molecule has 0 aromatic rings. The lowest BCUT2D eigenvalue weighted by atomic mass is 10.0. The Balaban J connectivity index is 2.28. The summed E-state index contributed by atoms with van der Waals surface area (Å²) >= 11 is 0. The minimum absolute atomic E-state index is 0.0735. The standard InChI is InChI=1S/C8H16N2O/c1-6(10-7(2)11)8-3-4-9-5-8/h6,8-9H,3-5H2,1-2H3,(H,10,11). The maximum absolute atomic E-state index is 10.7. The SMILES string of the molecule is CC(=O)NC(C)C1CCNC1. The molecule has 1 amide bonds. The van der Waals surface area contributed by atoms with Crippen LogP contribution in [0.5, 0.6) is 0 Å². The summed E-state index contributed by atoms with van der Waals surface area (Å²) in [5, 5.41) is 6.18. The van der Waals surface area contributed by atoms with Gasteiger partial charge in [0.2, 0.25) is 5.91 Å². The van der Waals surface area contributed by atoms with Crippen molar-refractivity contribution in [2.75, 3.05) is 13.1 Å². The number of nitrogens with one attached hydrogen (secondary N) is 2. The van der Waals surface area contributed by atoms with Gasteiger partial charge in [0.1, 0.15) is 0 Å². The van der Waals surface area contributed by atoms with Crippen molar-refractivity contribution in [1.82, 2.24) is 10.6 Å². The van der Waals surface area contributed by atoms with Crippen molar-refractivity contribution < 1.29 is 4.79 Å². The van der Waals surface area contributed by atoms with Gasteiger partial charge in [0.05, 0.1) is 0 Å². The van der Waals surface area contributed by atoms with Crippen LogP contribution in [0.1, 0.15) is 20.3 Å². The van der Waals surface area contributed by atoms with Crippen LogP contribution in [-0.2, 0) is 4.79 Å². The Bertz CT molecular complexity index is 141. The highest BCUT2D eigenvalue weighted by atomic mass is 16.1. The topological polar surface area (TPSA) is 41.1 Å². The third kappa shape index (κ3) is 2.50. The van der Waals surface area contributed by atoms with Crippen LogP contribution < -0.4 is 10.6 Å². The van der Waals surface area contributed by atoms with Crippen molar-refractivity contribution >= 4 is 5.91 Å². The predicted octanol–water partition coefficient (Wildman–Crippen LogP) is 0.121. The molecule has 0 aromatic carbocycles. The third-order valence-electron chi connectivity index (χ3n) is 2.24. The van der Waals surface area contributed by atoms with Gasteiger partial charge in [0.25, 0.3) is 0 Å². The van der Waals surface area contributed by atoms with Gasteiger partial charge in [-0.1, -0.05) is 0 Å². The zero-order valence-corrected chi connectivity index (χ0v) is 7.18. The van der Waals surface area contributed by atoms with Crippen molar-refractivity contribution in [3.8, 4) is 0 Å². The Morgan fingerprint density at radius 1 is 1.73 bits per heavy atom. The lowest BCUT2D eigenvalue weighted by molar-refractivity contribution is -0.119. The van der Waals surface area contributed by atoms with E-state index in [-0.39, 0.29) is 5.91 Å². The first-order chi connectivity index (χ1) is 5.20. The van der Waals surface area contributed by atoms with Crippen LogP contribution in [-0.4, -0.2) is 25.0 Å². The molecule has 1 aliphatic rings. The van der Waals surface area contributed by atoms with Gasteiger partial charge < -0.3 is 10.6 Å². The molecule has 0 radical (unpaired) electrons. The molecule has 1 aliphatic heterocycles. The van der Waals surface area contributed by atoms with E-state index in [0.717, 1.165) is 13.1 Å². The van der Waals surface area contributed by atoms with E-state index in [0.29, 0.717) is 12.0 Å². The first-order valence-corrected chi connectivity index (χ1v) is 4.18. The van der Waals surface area contributed by atoms with Crippen molar-refractivity contribution in [2.45, 2.75) is 26.3 Å². The first-order valence-electron chi connectivity index (χ1n) is 4.18. The Morgan fingerprint density at radius 3 is 2.91 bits per heavy atom. The molecule has 3 heteroatoms. The lowest BCUT2D eigenvalue weighted by Crippen LogP contribution is -2.37. The molecule has 1 saturated heterocycles. The normalized spacial score (nSPS) is 26.5. The molecule has 0 aliphatic carbocycles. The van der Waals surface area contributed by atoms with Crippen molar-refractivity contribution in [3.63, 3.8) is 0 Å². The monoisotopic (exact) mass is 156 g/mol. The minimum atomic E-state index is 0.0735. The van der Waals surface area contributed by atoms with Gasteiger partial charge in [-0.15, -0.1) is 0 Å². The largest absolute Gasteiger partial charge is 0.354 e. The summed E-state index contributed by atoms with van der Waals surface area (Å²) in [6.07, 6.45) is 1.18. The number of carbonyl (C=O) groups excluding carboxylic acids is 1. The maximum atomic E-state index is 10.7. The Morgan fingerprint density at radius 2 is 2.45 bits per heavy atom. The molecule has 1 heterocycles. The van der Waals surface area contributed by atoms with E-state index in [1.807, 2.05) is 0 Å². The van der Waals surface area contributed by atoms with Gasteiger partial charge in [0.15, 0.2) is 0 Å². The quantitative estimate of drug-likeness (QED) is 0.596. The fourth-order valence-electron chi connectivity index (χ4n) is 1.54. The fourth-order valence-corrected chi connectivity index (χ4v) is 1.54. The van der Waals surface area contributed by atoms with Gasteiger partial charge >= 0.3 is 0 Å². The molecule has 64 valence electrons. The summed E-state index contributed by atoms with van der Waals surface area (Å²) in [6, 6.07) is 0.322. The average molecular weight is 156 g/mol. The number of hydrogen-bond acceptors (Lipinski definition) is 2. The van der Waals surface area contributed by atoms with E-state index >= 15 is 0 Å². The van der Waals surface area contributed by atoms with Crippen LogP contribution in [0.25, 0.3) is 0 Å². The zero-order chi connectivity index (χ0) is 8.27. The van der Waals surface area contributed by atoms with E-state index in [4.69, 9.17) is 0 Å². The lowest BCUT2D eigenvalue weighted by Gasteiger charge is -2.18. The highest BCUT2D eigenvalue weighted by Gasteiger charge is 2.21. The first kappa shape index (κ1) is 8.53. The molecule has 2 N–H and O–H groups in total. The van der Waals surface area contributed by atoms with Gasteiger partial charge in [0, 0.05) is 13.0 Å². The molecule has 2 unspecified atom stereocenters. The summed E-state index contributed by atoms with van der Waals surface area (Å²) in [5.74, 6) is 0.697. The van der Waals surface area contributed by atoms with E-state index in [1.165, 1.54) is 6.42 Å². The molecule has 1 rings (SSSR count). The number of rotatable bonds is 2. The minimum Gasteiger partial charge on any atom is -0.354 e. The van der Waals surface area contributed by atoms with Crippen LogP contribution in [0.3, 0.4) is 0 Å². The van der Waals surface area contributed by atoms with Crippen molar-refractivity contribution in [1.29, 1.82) is 0 Å². The Hall–Kier alpha value is -0.570. The van der Waals surface area contributed by atoms with Crippen molar-refractivity contribution in [2.24, 2.45) is 5.92 Å². The number of amides is 1. The molecule has 1 fully saturated rings. The fraction of sp³-hybridized carbons (Fsp3) is 0.875. The van der Waals surface area contributed by atoms with Gasteiger partial charge in [-0.3, -0.25) is 4.79 Å². The van der Waals surface area contributed by atoms with Crippen LogP contribution in [0.2, 0.25) is 0 Å². The van der Waals surface area contributed by atoms with E-state index in [9.17, 15) is 4.79 Å². The molecular weight excluding hydrogens is 140 g/mol. The molecule has 0 spiro atoms. The van der Waals surface area contributed by atoms with Gasteiger partial charge in [-0.25, -0.2) is 0 Å². The molecule has 0 saturated carbocycles. The van der Waals surface area contributed by atoms with E-state index in [1.54, 1.807) is 6.92 Å². The molecular formula is C8H16N2O. The second-order valence-corrected chi connectivity index (χ2v) is 3.24. The molecule has 2 atom stereocenters. The molecule has 3 nitrogen and oxygen atoms in total. The number of hydrogen-bond donors (Lipinski definition) is 2. The van der Waals surface area contributed by atoms with Gasteiger partial charge in [-0.05, 0) is 32.4 Å². The predicted molar refractivity (Wildman–Crippen MR) is 44.3 cm³/mol. The third-order valence-corrected chi connectivity index (χ3v) is 2.24. The molecule has 11 heavy (non-hydrogen) atoms. The van der Waals surface area contributed by atoms with Crippen LogP contribution in [0.4, 0.5) is 0 Å². The highest BCUT2D eigenvalue weighted by Crippen LogP contribution is 2.11. The summed E-state index contributed by atoms with van der Waals surface area (Å²) < 4.78 is 0. The summed E-state index contributed by atoms with van der Waals surface area (Å²) in [6.45, 7) is 5.77. The smallest absolute Gasteiger partial charge is 0.217 e. The molecule has 0 aromatic heterocycles. The van der Waals surface area contributed by atoms with Crippen LogP contribution in [0.15, 0.2) is 0 Å². The Kier molecular flexibility index (Phi) is 2.88. The van der Waals surface area contributed by atoms with Crippen LogP contribution in [0, 0.1) is 5.92 Å². The summed E-state index contributed by atoms with van der Waals surface area (Å²) in [5.41, 5.74) is 0. The number of carbonyl (C=O) groups is 1. The second kappa shape index (κ2) is 3.72. The van der Waals surface area contributed by atoms with E-state index < -0.39 is 0 Å². The van der Waals surface area contributed by atoms with E-state index in [2.05, 4.69) is 17.6 Å². The molecule has 0 bridgehead atoms. The summed E-state index contributed by atoms with van der Waals surface area (Å²) in [7, 11) is 0. The average Bonchev–Trinajstić information content (AvgIpc) is 2.35. The Labute approximate surface area is 67.5 Å². The maximum Gasteiger partial charge on any atom is 0.217 e.